The lowest BCUT2D eigenvalue weighted by atomic mass is 10.1. The molecular weight excluding hydrogens is 519 g/mol. The number of nitrogens with one attached hydrogen (secondary N) is 1. The van der Waals surface area contributed by atoms with Crippen molar-refractivity contribution in [2.75, 3.05) is 26.9 Å². The molecule has 0 radical (unpaired) electrons. The van der Waals surface area contributed by atoms with Crippen molar-refractivity contribution < 1.29 is 23.8 Å². The van der Waals surface area contributed by atoms with E-state index in [1.165, 1.54) is 47.1 Å². The number of carbonyl (C=O) groups is 1. The van der Waals surface area contributed by atoms with Gasteiger partial charge in [0, 0.05) is 17.7 Å². The maximum Gasteiger partial charge on any atom is 0.332 e. The number of carbonyl (C=O) groups excluding carboxylic acids is 1. The topological polar surface area (TPSA) is 142 Å². The number of aliphatic hydroxyl groups is 1. The molecule has 38 heavy (non-hydrogen) atoms. The lowest BCUT2D eigenvalue weighted by Gasteiger charge is -2.23. The van der Waals surface area contributed by atoms with Crippen molar-refractivity contribution in [3.8, 4) is 10.8 Å². The van der Waals surface area contributed by atoms with Gasteiger partial charge in [-0.2, -0.15) is 10.2 Å². The molecule has 0 unspecified atom stereocenters. The van der Waals surface area contributed by atoms with E-state index < -0.39 is 35.1 Å². The molecule has 2 N–H and O–H groups in total. The van der Waals surface area contributed by atoms with Crippen molar-refractivity contribution in [2.45, 2.75) is 32.0 Å². The van der Waals surface area contributed by atoms with Gasteiger partial charge in [-0.05, 0) is 31.5 Å². The number of aryl methyl sites for hydroxylation is 1. The molecular formula is C24H25FN6O6S. The van der Waals surface area contributed by atoms with Crippen molar-refractivity contribution in [3.63, 3.8) is 0 Å². The van der Waals surface area contributed by atoms with Crippen molar-refractivity contribution in [1.29, 1.82) is 0 Å². The number of nitrogens with zero attached hydrogens (tertiary/aromatic N) is 5. The highest BCUT2D eigenvalue weighted by Crippen LogP contribution is 2.34. The highest BCUT2D eigenvalue weighted by atomic mass is 32.1. The van der Waals surface area contributed by atoms with Crippen LogP contribution in [0.2, 0.25) is 0 Å². The molecule has 1 aliphatic rings. The first-order chi connectivity index (χ1) is 18.3. The first kappa shape index (κ1) is 25.8. The van der Waals surface area contributed by atoms with Crippen molar-refractivity contribution in [1.82, 2.24) is 29.4 Å². The molecule has 0 aliphatic carbocycles. The molecule has 14 heteroatoms. The van der Waals surface area contributed by atoms with Crippen LogP contribution in [0.3, 0.4) is 0 Å². The smallest absolute Gasteiger partial charge is 0.332 e. The van der Waals surface area contributed by atoms with E-state index in [9.17, 15) is 23.9 Å². The van der Waals surface area contributed by atoms with Crippen LogP contribution in [-0.2, 0) is 16.1 Å². The van der Waals surface area contributed by atoms with Crippen LogP contribution in [0.15, 0.2) is 40.2 Å². The molecule has 1 saturated heterocycles. The van der Waals surface area contributed by atoms with E-state index >= 15 is 0 Å². The lowest BCUT2D eigenvalue weighted by Crippen LogP contribution is -2.44. The largest absolute Gasteiger partial charge is 0.496 e. The van der Waals surface area contributed by atoms with Crippen LogP contribution in [0, 0.1) is 12.7 Å². The molecule has 5 rings (SSSR count). The third-order valence-corrected chi connectivity index (χ3v) is 7.73. The van der Waals surface area contributed by atoms with Crippen LogP contribution in [-0.4, -0.2) is 62.0 Å². The number of thiophene rings is 1. The lowest BCUT2D eigenvalue weighted by molar-refractivity contribution is -0.122. The van der Waals surface area contributed by atoms with Gasteiger partial charge in [-0.1, -0.05) is 11.3 Å². The van der Waals surface area contributed by atoms with Crippen molar-refractivity contribution in [2.24, 2.45) is 0 Å². The highest BCUT2D eigenvalue weighted by molar-refractivity contribution is 7.21. The maximum atomic E-state index is 14.3. The molecule has 4 aromatic rings. The average Bonchev–Trinajstić information content (AvgIpc) is 3.65. The van der Waals surface area contributed by atoms with Gasteiger partial charge in [-0.15, -0.1) is 4.80 Å². The molecule has 12 nitrogen and oxygen atoms in total. The summed E-state index contributed by atoms with van der Waals surface area (Å²) in [5.41, 5.74) is -0.437. The summed E-state index contributed by atoms with van der Waals surface area (Å²) in [6.07, 6.45) is 2.32. The number of hydrogen-bond donors (Lipinski definition) is 2. The number of aromatic nitrogens is 5. The van der Waals surface area contributed by atoms with Gasteiger partial charge in [0.15, 0.2) is 0 Å². The summed E-state index contributed by atoms with van der Waals surface area (Å²) in [5.74, 6) is -0.634. The summed E-state index contributed by atoms with van der Waals surface area (Å²) in [7, 11) is 1.43. The van der Waals surface area contributed by atoms with E-state index in [4.69, 9.17) is 9.47 Å². The number of halogens is 1. The Morgan fingerprint density at radius 1 is 1.26 bits per heavy atom. The predicted molar refractivity (Wildman–Crippen MR) is 135 cm³/mol. The Balaban J connectivity index is 1.76. The number of methoxy groups -OCH3 is 1. The zero-order chi connectivity index (χ0) is 27.0. The van der Waals surface area contributed by atoms with Crippen LogP contribution in [0.5, 0.6) is 5.75 Å². The molecule has 0 bridgehead atoms. The predicted octanol–water partition coefficient (Wildman–Crippen LogP) is 1.07. The molecule has 0 spiro atoms. The van der Waals surface area contributed by atoms with Crippen LogP contribution in [0.1, 0.15) is 29.7 Å². The summed E-state index contributed by atoms with van der Waals surface area (Å²) in [4.78, 5) is 41.9. The van der Waals surface area contributed by atoms with Gasteiger partial charge in [0.1, 0.15) is 33.5 Å². The van der Waals surface area contributed by atoms with E-state index in [-0.39, 0.29) is 31.6 Å². The van der Waals surface area contributed by atoms with Gasteiger partial charge < -0.3 is 19.9 Å². The minimum Gasteiger partial charge on any atom is -0.496 e. The number of aliphatic hydroxyl groups excluding tert-OH is 1. The van der Waals surface area contributed by atoms with Gasteiger partial charge in [-0.25, -0.2) is 13.8 Å². The summed E-state index contributed by atoms with van der Waals surface area (Å²) in [5, 5.41) is 21.2. The van der Waals surface area contributed by atoms with Crippen LogP contribution in [0.4, 0.5) is 4.39 Å². The van der Waals surface area contributed by atoms with Gasteiger partial charge >= 0.3 is 5.69 Å². The Morgan fingerprint density at radius 3 is 2.68 bits per heavy atom. The Hall–Kier alpha value is -3.88. The molecule has 0 saturated carbocycles. The third kappa shape index (κ3) is 4.40. The first-order valence-electron chi connectivity index (χ1n) is 11.8. The number of hydrogen-bond acceptors (Lipinski definition) is 9. The number of fused-ring (bicyclic) bond motifs is 1. The normalized spacial score (nSPS) is 16.2. The average molecular weight is 545 g/mol. The second-order valence-corrected chi connectivity index (χ2v) is 9.64. The number of benzene rings is 1. The Kier molecular flexibility index (Phi) is 7.10. The van der Waals surface area contributed by atoms with E-state index in [0.717, 1.165) is 15.9 Å². The second-order valence-electron chi connectivity index (χ2n) is 8.66. The minimum atomic E-state index is -0.975. The number of rotatable bonds is 9. The summed E-state index contributed by atoms with van der Waals surface area (Å²) in [6.45, 7) is 1.49. The Morgan fingerprint density at radius 2 is 2.03 bits per heavy atom. The third-order valence-electron chi connectivity index (χ3n) is 6.45. The molecule has 200 valence electrons. The van der Waals surface area contributed by atoms with Gasteiger partial charge in [0.2, 0.25) is 5.91 Å². The number of ether oxygens (including phenoxy) is 2. The molecule has 1 fully saturated rings. The summed E-state index contributed by atoms with van der Waals surface area (Å²) >= 11 is 1.14. The van der Waals surface area contributed by atoms with Crippen molar-refractivity contribution >= 4 is 27.5 Å². The fourth-order valence-electron chi connectivity index (χ4n) is 4.69. The second kappa shape index (κ2) is 10.5. The standard InChI is InChI=1S/C24H25FN6O6S/c1-13-19-21(34)30(16-5-6-26-20(16)33)24(35)29(23(19)38-22(13)31-27-7-8-28-31)12-18(37-10-9-32)15-11-14(25)3-4-17(15)36-2/h3-4,7-8,11,16,18,32H,5-6,9-10,12H2,1-2H3,(H,26,33)/t16-,18+/m1/s1. The zero-order valence-electron chi connectivity index (χ0n) is 20.6. The summed E-state index contributed by atoms with van der Waals surface area (Å²) < 4.78 is 27.9. The van der Waals surface area contributed by atoms with E-state index in [1.54, 1.807) is 6.92 Å². The van der Waals surface area contributed by atoms with Gasteiger partial charge in [0.05, 0.1) is 44.6 Å². The van der Waals surface area contributed by atoms with E-state index in [0.29, 0.717) is 33.3 Å². The quantitative estimate of drug-likeness (QED) is 0.319. The fraction of sp³-hybridized carbons (Fsp3) is 0.375. The first-order valence-corrected chi connectivity index (χ1v) is 12.7. The fourth-order valence-corrected chi connectivity index (χ4v) is 5.91. The SMILES string of the molecule is COc1ccc(F)cc1[C@H](Cn1c(=O)n([C@@H]2CCNC2=O)c(=O)c2c(C)c(-n3nccn3)sc21)OCCO. The van der Waals surface area contributed by atoms with Gasteiger partial charge in [-0.3, -0.25) is 14.2 Å². The Bertz CT molecular complexity index is 1610. The molecule has 2 atom stereocenters. The Labute approximate surface area is 218 Å². The number of amides is 1. The maximum absolute atomic E-state index is 14.3. The monoisotopic (exact) mass is 544 g/mol. The van der Waals surface area contributed by atoms with Crippen molar-refractivity contribution in [3.05, 3.63) is 68.4 Å². The van der Waals surface area contributed by atoms with Crippen LogP contribution >= 0.6 is 11.3 Å². The van der Waals surface area contributed by atoms with Crippen LogP contribution < -0.4 is 21.3 Å². The minimum absolute atomic E-state index is 0.0984. The molecule has 3 aromatic heterocycles. The molecule has 1 aliphatic heterocycles. The molecule has 4 heterocycles. The van der Waals surface area contributed by atoms with Crippen LogP contribution in [0.25, 0.3) is 15.2 Å². The van der Waals surface area contributed by atoms with E-state index in [2.05, 4.69) is 15.5 Å². The summed E-state index contributed by atoms with van der Waals surface area (Å²) in [6, 6.07) is 2.94. The molecule has 1 amide bonds. The van der Waals surface area contributed by atoms with E-state index in [1.807, 2.05) is 0 Å². The van der Waals surface area contributed by atoms with Gasteiger partial charge in [0.25, 0.3) is 5.56 Å². The zero-order valence-corrected chi connectivity index (χ0v) is 21.4. The highest BCUT2D eigenvalue weighted by Gasteiger charge is 2.32. The molecule has 1 aromatic carbocycles.